The molecule has 3 aromatic rings. The number of carbonyl (C=O) groups excluding carboxylic acids is 1. The Kier molecular flexibility index (Phi) is 5.44. The molecule has 6 heteroatoms. The van der Waals surface area contributed by atoms with Gasteiger partial charge in [-0.1, -0.05) is 54.6 Å². The van der Waals surface area contributed by atoms with E-state index in [0.717, 1.165) is 11.1 Å². The Morgan fingerprint density at radius 2 is 1.52 bits per heavy atom. The van der Waals surface area contributed by atoms with Crippen molar-refractivity contribution < 1.29 is 13.6 Å². The van der Waals surface area contributed by atoms with Crippen LogP contribution in [0, 0.1) is 11.6 Å². The van der Waals surface area contributed by atoms with Crippen LogP contribution >= 0.6 is 0 Å². The standard InChI is InChI=1S/C23H19F2N3O/c24-20-10-6-17(7-11-20)14-26-28-22(29)16-27(15-18-4-2-1-3-5-18)23(28)19-8-12-21(25)13-9-19/h1-14,23H,15-16H2/b26-14-/t23-/m0/s1. The van der Waals surface area contributed by atoms with Gasteiger partial charge in [0.2, 0.25) is 0 Å². The predicted octanol–water partition coefficient (Wildman–Crippen LogP) is 4.34. The third kappa shape index (κ3) is 4.38. The minimum Gasteiger partial charge on any atom is -0.271 e. The first kappa shape index (κ1) is 19.0. The number of nitrogens with zero attached hydrogens (tertiary/aromatic N) is 3. The summed E-state index contributed by atoms with van der Waals surface area (Å²) in [5.74, 6) is -0.833. The number of rotatable bonds is 5. The summed E-state index contributed by atoms with van der Waals surface area (Å²) in [7, 11) is 0. The molecule has 4 rings (SSSR count). The summed E-state index contributed by atoms with van der Waals surface area (Å²) < 4.78 is 26.6. The predicted molar refractivity (Wildman–Crippen MR) is 107 cm³/mol. The van der Waals surface area contributed by atoms with Crippen molar-refractivity contribution in [3.8, 4) is 0 Å². The fourth-order valence-corrected chi connectivity index (χ4v) is 3.38. The van der Waals surface area contributed by atoms with E-state index in [9.17, 15) is 13.6 Å². The smallest absolute Gasteiger partial charge is 0.258 e. The molecule has 0 radical (unpaired) electrons. The fourth-order valence-electron chi connectivity index (χ4n) is 3.38. The third-order valence-electron chi connectivity index (χ3n) is 4.77. The van der Waals surface area contributed by atoms with Gasteiger partial charge in [-0.25, -0.2) is 13.8 Å². The second-order valence-corrected chi connectivity index (χ2v) is 6.85. The topological polar surface area (TPSA) is 35.9 Å². The van der Waals surface area contributed by atoms with E-state index < -0.39 is 6.17 Å². The maximum atomic E-state index is 13.4. The number of benzene rings is 3. The SMILES string of the molecule is O=C1CN(Cc2ccccc2)[C@H](c2ccc(F)cc2)N1/N=C\c1ccc(F)cc1. The van der Waals surface area contributed by atoms with Gasteiger partial charge in [-0.15, -0.1) is 0 Å². The maximum absolute atomic E-state index is 13.4. The van der Waals surface area contributed by atoms with Gasteiger partial charge in [-0.2, -0.15) is 5.10 Å². The Morgan fingerprint density at radius 1 is 0.897 bits per heavy atom. The first-order valence-corrected chi connectivity index (χ1v) is 9.25. The highest BCUT2D eigenvalue weighted by molar-refractivity contribution is 5.84. The molecular weight excluding hydrogens is 372 g/mol. The van der Waals surface area contributed by atoms with Gasteiger partial charge in [0.25, 0.3) is 5.91 Å². The fraction of sp³-hybridized carbons (Fsp3) is 0.130. The molecule has 146 valence electrons. The molecule has 0 bridgehead atoms. The van der Waals surface area contributed by atoms with Crippen molar-refractivity contribution in [1.29, 1.82) is 0 Å². The normalized spacial score (nSPS) is 17.4. The molecule has 0 aliphatic carbocycles. The van der Waals surface area contributed by atoms with E-state index in [2.05, 4.69) is 5.10 Å². The number of hydrogen-bond donors (Lipinski definition) is 0. The van der Waals surface area contributed by atoms with Gasteiger partial charge in [-0.05, 0) is 41.0 Å². The molecule has 0 spiro atoms. The minimum absolute atomic E-state index is 0.159. The van der Waals surface area contributed by atoms with Crippen LogP contribution in [0.2, 0.25) is 0 Å². The lowest BCUT2D eigenvalue weighted by atomic mass is 10.1. The van der Waals surface area contributed by atoms with Crippen molar-refractivity contribution >= 4 is 12.1 Å². The zero-order valence-electron chi connectivity index (χ0n) is 15.6. The van der Waals surface area contributed by atoms with Gasteiger partial charge in [0.05, 0.1) is 12.8 Å². The van der Waals surface area contributed by atoms with Crippen LogP contribution in [-0.2, 0) is 11.3 Å². The molecule has 1 saturated heterocycles. The number of hydrogen-bond acceptors (Lipinski definition) is 3. The first-order chi connectivity index (χ1) is 14.1. The summed E-state index contributed by atoms with van der Waals surface area (Å²) in [6.07, 6.45) is 1.07. The van der Waals surface area contributed by atoms with Crippen molar-refractivity contribution in [1.82, 2.24) is 9.91 Å². The second-order valence-electron chi connectivity index (χ2n) is 6.85. The maximum Gasteiger partial charge on any atom is 0.258 e. The van der Waals surface area contributed by atoms with E-state index in [1.54, 1.807) is 24.3 Å². The van der Waals surface area contributed by atoms with Crippen LogP contribution in [0.5, 0.6) is 0 Å². The van der Waals surface area contributed by atoms with Crippen molar-refractivity contribution in [2.24, 2.45) is 5.10 Å². The molecule has 4 nitrogen and oxygen atoms in total. The lowest BCUT2D eigenvalue weighted by Crippen LogP contribution is -2.28. The molecule has 1 aliphatic heterocycles. The van der Waals surface area contributed by atoms with Crippen LogP contribution in [0.3, 0.4) is 0 Å². The van der Waals surface area contributed by atoms with Gasteiger partial charge in [0.1, 0.15) is 17.8 Å². The molecule has 1 fully saturated rings. The highest BCUT2D eigenvalue weighted by Gasteiger charge is 2.39. The zero-order valence-corrected chi connectivity index (χ0v) is 15.6. The highest BCUT2D eigenvalue weighted by Crippen LogP contribution is 2.32. The van der Waals surface area contributed by atoms with E-state index in [1.807, 2.05) is 35.2 Å². The summed E-state index contributed by atoms with van der Waals surface area (Å²) in [5, 5.41) is 5.78. The summed E-state index contributed by atoms with van der Waals surface area (Å²) >= 11 is 0. The van der Waals surface area contributed by atoms with Crippen molar-refractivity contribution in [3.63, 3.8) is 0 Å². The molecule has 0 unspecified atom stereocenters. The lowest BCUT2D eigenvalue weighted by molar-refractivity contribution is -0.128. The monoisotopic (exact) mass is 391 g/mol. The summed E-state index contributed by atoms with van der Waals surface area (Å²) in [6.45, 7) is 0.745. The average molecular weight is 391 g/mol. The second kappa shape index (κ2) is 8.32. The van der Waals surface area contributed by atoms with Crippen LogP contribution in [0.1, 0.15) is 22.9 Å². The van der Waals surface area contributed by atoms with Crippen LogP contribution in [0.15, 0.2) is 84.0 Å². The number of carbonyl (C=O) groups is 1. The van der Waals surface area contributed by atoms with Crippen molar-refractivity contribution in [2.75, 3.05) is 6.54 Å². The van der Waals surface area contributed by atoms with Gasteiger partial charge in [-0.3, -0.25) is 9.69 Å². The molecule has 0 aromatic heterocycles. The number of amides is 1. The Bertz CT molecular complexity index is 1000. The highest BCUT2D eigenvalue weighted by atomic mass is 19.1. The summed E-state index contributed by atoms with van der Waals surface area (Å²) in [5.41, 5.74) is 2.51. The average Bonchev–Trinajstić information content (AvgIpc) is 3.04. The minimum atomic E-state index is -0.458. The molecule has 0 N–H and O–H groups in total. The quantitative estimate of drug-likeness (QED) is 0.607. The van der Waals surface area contributed by atoms with E-state index in [-0.39, 0.29) is 24.1 Å². The van der Waals surface area contributed by atoms with E-state index in [4.69, 9.17) is 0 Å². The molecule has 29 heavy (non-hydrogen) atoms. The molecule has 3 aromatic carbocycles. The number of halogens is 2. The lowest BCUT2D eigenvalue weighted by Gasteiger charge is -2.27. The Morgan fingerprint density at radius 3 is 2.17 bits per heavy atom. The van der Waals surface area contributed by atoms with Crippen molar-refractivity contribution in [2.45, 2.75) is 12.7 Å². The Balaban J connectivity index is 1.65. The molecular formula is C23H19F2N3O. The largest absolute Gasteiger partial charge is 0.271 e. The molecule has 0 saturated carbocycles. The van der Waals surface area contributed by atoms with Gasteiger partial charge < -0.3 is 0 Å². The van der Waals surface area contributed by atoms with Gasteiger partial charge in [0, 0.05) is 6.54 Å². The molecule has 1 amide bonds. The molecule has 1 heterocycles. The molecule has 1 aliphatic rings. The van der Waals surface area contributed by atoms with E-state index >= 15 is 0 Å². The van der Waals surface area contributed by atoms with Gasteiger partial charge >= 0.3 is 0 Å². The first-order valence-electron chi connectivity index (χ1n) is 9.25. The van der Waals surface area contributed by atoms with Crippen LogP contribution < -0.4 is 0 Å². The Hall–Kier alpha value is -3.38. The zero-order chi connectivity index (χ0) is 20.2. The van der Waals surface area contributed by atoms with Crippen LogP contribution in [0.25, 0.3) is 0 Å². The van der Waals surface area contributed by atoms with Gasteiger partial charge in [0.15, 0.2) is 0 Å². The van der Waals surface area contributed by atoms with Crippen LogP contribution in [0.4, 0.5) is 8.78 Å². The third-order valence-corrected chi connectivity index (χ3v) is 4.77. The Labute approximate surface area is 167 Å². The molecule has 1 atom stereocenters. The summed E-state index contributed by atoms with van der Waals surface area (Å²) in [6, 6.07) is 21.8. The van der Waals surface area contributed by atoms with E-state index in [0.29, 0.717) is 12.1 Å². The van der Waals surface area contributed by atoms with Crippen LogP contribution in [-0.4, -0.2) is 28.6 Å². The van der Waals surface area contributed by atoms with E-state index in [1.165, 1.54) is 35.5 Å². The summed E-state index contributed by atoms with van der Waals surface area (Å²) in [4.78, 5) is 14.7. The number of hydrazone groups is 1. The van der Waals surface area contributed by atoms with Crippen molar-refractivity contribution in [3.05, 3.63) is 107 Å².